The molecule has 4 nitrogen and oxygen atoms in total. The highest BCUT2D eigenvalue weighted by Gasteiger charge is 2.14. The Balaban J connectivity index is 2.21. The van der Waals surface area contributed by atoms with Crippen LogP contribution in [-0.4, -0.2) is 17.0 Å². The Kier molecular flexibility index (Phi) is 3.43. The Labute approximate surface area is 108 Å². The van der Waals surface area contributed by atoms with Gasteiger partial charge in [0, 0.05) is 5.56 Å². The fourth-order valence-corrected chi connectivity index (χ4v) is 2.24. The third kappa shape index (κ3) is 2.57. The summed E-state index contributed by atoms with van der Waals surface area (Å²) in [6.07, 6.45) is 0. The van der Waals surface area contributed by atoms with E-state index in [4.69, 9.17) is 5.11 Å². The fourth-order valence-electron chi connectivity index (χ4n) is 1.55. The van der Waals surface area contributed by atoms with Crippen LogP contribution in [0.15, 0.2) is 35.7 Å². The Morgan fingerprint density at radius 2 is 2.06 bits per heavy atom. The highest BCUT2D eigenvalue weighted by molar-refractivity contribution is 7.12. The summed E-state index contributed by atoms with van der Waals surface area (Å²) in [6.45, 7) is 1.89. The second-order valence-corrected chi connectivity index (χ2v) is 4.71. The molecule has 0 saturated carbocycles. The van der Waals surface area contributed by atoms with Gasteiger partial charge in [-0.15, -0.1) is 11.3 Å². The zero-order valence-electron chi connectivity index (χ0n) is 9.64. The molecule has 0 saturated heterocycles. The minimum atomic E-state index is -1.04. The number of anilines is 1. The molecule has 1 heterocycles. The van der Waals surface area contributed by atoms with E-state index < -0.39 is 5.97 Å². The van der Waals surface area contributed by atoms with Crippen molar-refractivity contribution in [3.8, 4) is 0 Å². The Morgan fingerprint density at radius 1 is 1.28 bits per heavy atom. The van der Waals surface area contributed by atoms with Crippen molar-refractivity contribution in [1.29, 1.82) is 0 Å². The van der Waals surface area contributed by atoms with Gasteiger partial charge in [0.05, 0.1) is 5.69 Å². The summed E-state index contributed by atoms with van der Waals surface area (Å²) in [5, 5.41) is 13.2. The van der Waals surface area contributed by atoms with E-state index in [1.165, 1.54) is 0 Å². The van der Waals surface area contributed by atoms with Crippen molar-refractivity contribution >= 4 is 28.9 Å². The number of nitrogens with one attached hydrogen (secondary N) is 1. The van der Waals surface area contributed by atoms with Crippen LogP contribution >= 0.6 is 11.3 Å². The van der Waals surface area contributed by atoms with Crippen molar-refractivity contribution in [3.63, 3.8) is 0 Å². The standard InChI is InChI=1S/C13H11NO3S/c1-8-3-2-4-9(7-8)12(15)14-10-5-6-18-11(10)13(16)17/h2-7H,1H3,(H,14,15)(H,16,17). The van der Waals surface area contributed by atoms with E-state index in [0.717, 1.165) is 16.9 Å². The van der Waals surface area contributed by atoms with E-state index in [-0.39, 0.29) is 10.8 Å². The highest BCUT2D eigenvalue weighted by atomic mass is 32.1. The van der Waals surface area contributed by atoms with Gasteiger partial charge in [0.15, 0.2) is 0 Å². The molecule has 18 heavy (non-hydrogen) atoms. The zero-order chi connectivity index (χ0) is 13.1. The maximum absolute atomic E-state index is 11.9. The topological polar surface area (TPSA) is 66.4 Å². The number of thiophene rings is 1. The van der Waals surface area contributed by atoms with E-state index in [9.17, 15) is 9.59 Å². The van der Waals surface area contributed by atoms with Crippen LogP contribution in [0.3, 0.4) is 0 Å². The number of amides is 1. The Hall–Kier alpha value is -2.14. The number of carbonyl (C=O) groups is 2. The summed E-state index contributed by atoms with van der Waals surface area (Å²) in [6, 6.07) is 8.71. The Morgan fingerprint density at radius 3 is 2.72 bits per heavy atom. The van der Waals surface area contributed by atoms with E-state index in [1.54, 1.807) is 29.6 Å². The molecule has 2 aromatic rings. The van der Waals surface area contributed by atoms with Gasteiger partial charge in [-0.2, -0.15) is 0 Å². The van der Waals surface area contributed by atoms with Gasteiger partial charge in [-0.05, 0) is 30.5 Å². The van der Waals surface area contributed by atoms with Crippen LogP contribution in [0.5, 0.6) is 0 Å². The predicted molar refractivity (Wildman–Crippen MR) is 70.4 cm³/mol. The van der Waals surface area contributed by atoms with E-state index in [0.29, 0.717) is 11.3 Å². The summed E-state index contributed by atoms with van der Waals surface area (Å²) < 4.78 is 0. The second-order valence-electron chi connectivity index (χ2n) is 3.79. The molecule has 1 aromatic heterocycles. The van der Waals surface area contributed by atoms with Crippen molar-refractivity contribution in [2.24, 2.45) is 0 Å². The molecular formula is C13H11NO3S. The van der Waals surface area contributed by atoms with Gasteiger partial charge < -0.3 is 10.4 Å². The maximum atomic E-state index is 11.9. The van der Waals surface area contributed by atoms with Crippen molar-refractivity contribution in [2.45, 2.75) is 6.92 Å². The highest BCUT2D eigenvalue weighted by Crippen LogP contribution is 2.22. The van der Waals surface area contributed by atoms with Crippen molar-refractivity contribution in [1.82, 2.24) is 0 Å². The van der Waals surface area contributed by atoms with Crippen LogP contribution in [0.1, 0.15) is 25.6 Å². The van der Waals surface area contributed by atoms with Crippen molar-refractivity contribution in [3.05, 3.63) is 51.7 Å². The largest absolute Gasteiger partial charge is 0.477 e. The third-order valence-electron chi connectivity index (χ3n) is 2.39. The second kappa shape index (κ2) is 5.01. The molecule has 0 aliphatic carbocycles. The van der Waals surface area contributed by atoms with E-state index in [1.807, 2.05) is 13.0 Å². The minimum Gasteiger partial charge on any atom is -0.477 e. The molecule has 2 N–H and O–H groups in total. The lowest BCUT2D eigenvalue weighted by atomic mass is 10.1. The normalized spacial score (nSPS) is 10.1. The summed E-state index contributed by atoms with van der Waals surface area (Å²) in [5.74, 6) is -1.34. The number of hydrogen-bond acceptors (Lipinski definition) is 3. The number of carbonyl (C=O) groups excluding carboxylic acids is 1. The summed E-state index contributed by atoms with van der Waals surface area (Å²) in [4.78, 5) is 23.0. The lowest BCUT2D eigenvalue weighted by Gasteiger charge is -2.05. The average Bonchev–Trinajstić information content (AvgIpc) is 2.77. The number of aryl methyl sites for hydroxylation is 1. The smallest absolute Gasteiger partial charge is 0.348 e. The number of carboxylic acids is 1. The van der Waals surface area contributed by atoms with Gasteiger partial charge in [-0.3, -0.25) is 4.79 Å². The van der Waals surface area contributed by atoms with Gasteiger partial charge in [-0.25, -0.2) is 4.79 Å². The first-order valence-electron chi connectivity index (χ1n) is 5.27. The summed E-state index contributed by atoms with van der Waals surface area (Å²) in [5.41, 5.74) is 1.82. The molecule has 0 fully saturated rings. The molecule has 5 heteroatoms. The van der Waals surface area contributed by atoms with Gasteiger partial charge in [0.2, 0.25) is 0 Å². The van der Waals surface area contributed by atoms with Crippen molar-refractivity contribution < 1.29 is 14.7 Å². The zero-order valence-corrected chi connectivity index (χ0v) is 10.5. The first kappa shape index (κ1) is 12.3. The molecular weight excluding hydrogens is 250 g/mol. The van der Waals surface area contributed by atoms with Crippen LogP contribution in [0.4, 0.5) is 5.69 Å². The third-order valence-corrected chi connectivity index (χ3v) is 3.29. The summed E-state index contributed by atoms with van der Waals surface area (Å²) in [7, 11) is 0. The number of rotatable bonds is 3. The van der Waals surface area contributed by atoms with Crippen LogP contribution in [0.2, 0.25) is 0 Å². The van der Waals surface area contributed by atoms with Gasteiger partial charge in [-0.1, -0.05) is 17.7 Å². The fraction of sp³-hybridized carbons (Fsp3) is 0.0769. The molecule has 1 aromatic carbocycles. The number of hydrogen-bond donors (Lipinski definition) is 2. The maximum Gasteiger partial charge on any atom is 0.348 e. The van der Waals surface area contributed by atoms with Gasteiger partial charge in [0.25, 0.3) is 5.91 Å². The van der Waals surface area contributed by atoms with E-state index >= 15 is 0 Å². The molecule has 1 amide bonds. The van der Waals surface area contributed by atoms with Crippen LogP contribution < -0.4 is 5.32 Å². The Bertz CT molecular complexity index is 604. The van der Waals surface area contributed by atoms with Crippen LogP contribution in [-0.2, 0) is 0 Å². The predicted octanol–water partition coefficient (Wildman–Crippen LogP) is 3.01. The molecule has 0 bridgehead atoms. The first-order valence-corrected chi connectivity index (χ1v) is 6.14. The monoisotopic (exact) mass is 261 g/mol. The molecule has 0 radical (unpaired) electrons. The molecule has 0 atom stereocenters. The average molecular weight is 261 g/mol. The lowest BCUT2D eigenvalue weighted by Crippen LogP contribution is -2.13. The molecule has 0 aliphatic rings. The molecule has 0 unspecified atom stereocenters. The molecule has 0 aliphatic heterocycles. The van der Waals surface area contributed by atoms with E-state index in [2.05, 4.69) is 5.32 Å². The SMILES string of the molecule is Cc1cccc(C(=O)Nc2ccsc2C(=O)O)c1. The quantitative estimate of drug-likeness (QED) is 0.892. The van der Waals surface area contributed by atoms with Crippen molar-refractivity contribution in [2.75, 3.05) is 5.32 Å². The summed E-state index contributed by atoms with van der Waals surface area (Å²) >= 11 is 1.08. The minimum absolute atomic E-state index is 0.135. The molecule has 2 rings (SSSR count). The van der Waals surface area contributed by atoms with Crippen LogP contribution in [0.25, 0.3) is 0 Å². The number of benzene rings is 1. The number of carboxylic acid groups (broad SMARTS) is 1. The first-order chi connectivity index (χ1) is 8.58. The van der Waals surface area contributed by atoms with Crippen LogP contribution in [0, 0.1) is 6.92 Å². The molecule has 0 spiro atoms. The number of aromatic carboxylic acids is 1. The lowest BCUT2D eigenvalue weighted by molar-refractivity contribution is 0.0703. The van der Waals surface area contributed by atoms with Gasteiger partial charge >= 0.3 is 5.97 Å². The molecule has 92 valence electrons. The van der Waals surface area contributed by atoms with Gasteiger partial charge in [0.1, 0.15) is 4.88 Å².